The van der Waals surface area contributed by atoms with Crippen LogP contribution in [0.25, 0.3) is 0 Å². The molecule has 0 bridgehead atoms. The van der Waals surface area contributed by atoms with Crippen molar-refractivity contribution in [3.8, 4) is 23.0 Å². The number of unbranched alkanes of at least 4 members (excludes halogenated alkanes) is 4. The Morgan fingerprint density at radius 2 is 0.825 bits per heavy atom. The lowest BCUT2D eigenvalue weighted by molar-refractivity contribution is 0.298. The van der Waals surface area contributed by atoms with Gasteiger partial charge in [-0.15, -0.1) is 0 Å². The second kappa shape index (κ2) is 21.8. The van der Waals surface area contributed by atoms with Crippen molar-refractivity contribution >= 4 is 0 Å². The van der Waals surface area contributed by atoms with E-state index in [-0.39, 0.29) is 11.5 Å². The maximum atomic E-state index is 16.7. The lowest BCUT2D eigenvalue weighted by Crippen LogP contribution is -2.12. The van der Waals surface area contributed by atoms with Crippen molar-refractivity contribution in [2.24, 2.45) is 11.8 Å². The van der Waals surface area contributed by atoms with Gasteiger partial charge in [0.15, 0.2) is 23.1 Å². The molecule has 2 fully saturated rings. The Kier molecular flexibility index (Phi) is 16.3. The van der Waals surface area contributed by atoms with Crippen LogP contribution in [0.2, 0.25) is 0 Å². The first-order valence-electron chi connectivity index (χ1n) is 22.6. The molecule has 0 saturated heterocycles. The maximum Gasteiger partial charge on any atom is 0.172 e. The number of halogens is 2. The summed E-state index contributed by atoms with van der Waals surface area (Å²) in [6.45, 7) is 9.93. The third-order valence-electron chi connectivity index (χ3n) is 13.1. The maximum absolute atomic E-state index is 16.7. The van der Waals surface area contributed by atoms with E-state index < -0.39 is 11.6 Å². The Balaban J connectivity index is 1.23. The zero-order valence-electron chi connectivity index (χ0n) is 35.4. The lowest BCUT2D eigenvalue weighted by Gasteiger charge is -2.28. The molecule has 4 aromatic carbocycles. The molecule has 0 unspecified atom stereocenters. The monoisotopic (exact) mass is 779 g/mol. The quantitative estimate of drug-likeness (QED) is 0.0837. The van der Waals surface area contributed by atoms with Crippen LogP contribution in [-0.4, -0.2) is 13.2 Å². The fourth-order valence-corrected chi connectivity index (χ4v) is 9.14. The first-order chi connectivity index (χ1) is 27.9. The number of hydrogen-bond acceptors (Lipinski definition) is 3. The molecule has 0 heterocycles. The lowest BCUT2D eigenvalue weighted by atomic mass is 9.78. The molecule has 57 heavy (non-hydrogen) atoms. The van der Waals surface area contributed by atoms with Crippen LogP contribution in [0.4, 0.5) is 8.78 Å². The highest BCUT2D eigenvalue weighted by Gasteiger charge is 2.25. The molecule has 0 radical (unpaired) electrons. The van der Waals surface area contributed by atoms with Gasteiger partial charge in [0.1, 0.15) is 11.5 Å². The van der Waals surface area contributed by atoms with Crippen LogP contribution < -0.4 is 14.2 Å². The largest absolute Gasteiger partial charge is 0.493 e. The van der Waals surface area contributed by atoms with Crippen LogP contribution >= 0.6 is 0 Å². The van der Waals surface area contributed by atoms with Crippen molar-refractivity contribution in [3.63, 3.8) is 0 Å². The number of hydrogen-bond donors (Lipinski definition) is 0. The normalized spacial score (nSPS) is 19.7. The Morgan fingerprint density at radius 1 is 0.456 bits per heavy atom. The average molecular weight is 779 g/mol. The molecule has 0 aliphatic heterocycles. The van der Waals surface area contributed by atoms with Gasteiger partial charge in [-0.2, -0.15) is 0 Å². The van der Waals surface area contributed by atoms with E-state index in [2.05, 4.69) is 76.2 Å². The molecule has 0 amide bonds. The highest BCUT2D eigenvalue weighted by atomic mass is 19.1. The highest BCUT2D eigenvalue weighted by Crippen LogP contribution is 2.41. The molecule has 2 saturated carbocycles. The molecule has 3 nitrogen and oxygen atoms in total. The number of benzene rings is 4. The van der Waals surface area contributed by atoms with E-state index in [1.165, 1.54) is 75.3 Å². The molecule has 5 heteroatoms. The van der Waals surface area contributed by atoms with Crippen LogP contribution in [0, 0.1) is 23.5 Å². The van der Waals surface area contributed by atoms with Crippen molar-refractivity contribution in [1.82, 2.24) is 0 Å². The van der Waals surface area contributed by atoms with Crippen molar-refractivity contribution < 1.29 is 23.0 Å². The molecule has 0 aromatic heterocycles. The van der Waals surface area contributed by atoms with Crippen LogP contribution in [0.15, 0.2) is 72.8 Å². The summed E-state index contributed by atoms with van der Waals surface area (Å²) in [5, 5.41) is 0. The zero-order chi connectivity index (χ0) is 40.0. The van der Waals surface area contributed by atoms with E-state index in [9.17, 15) is 0 Å². The molecule has 0 spiro atoms. The topological polar surface area (TPSA) is 27.7 Å². The first kappa shape index (κ1) is 42.7. The summed E-state index contributed by atoms with van der Waals surface area (Å²) in [7, 11) is 0. The fraction of sp³-hybridized carbons (Fsp3) is 0.538. The zero-order valence-corrected chi connectivity index (χ0v) is 35.4. The Morgan fingerprint density at radius 3 is 1.18 bits per heavy atom. The molecule has 2 aliphatic rings. The van der Waals surface area contributed by atoms with Gasteiger partial charge < -0.3 is 14.2 Å². The van der Waals surface area contributed by atoms with Gasteiger partial charge in [-0.05, 0) is 134 Å². The Hall–Kier alpha value is -3.86. The molecule has 0 atom stereocenters. The minimum atomic E-state index is -0.519. The van der Waals surface area contributed by atoms with Crippen LogP contribution in [-0.2, 0) is 12.8 Å². The van der Waals surface area contributed by atoms with Gasteiger partial charge in [-0.1, -0.05) is 115 Å². The minimum Gasteiger partial charge on any atom is -0.493 e. The van der Waals surface area contributed by atoms with Gasteiger partial charge >= 0.3 is 0 Å². The second-order valence-electron chi connectivity index (χ2n) is 17.0. The van der Waals surface area contributed by atoms with E-state index in [0.29, 0.717) is 60.5 Å². The van der Waals surface area contributed by atoms with Crippen molar-refractivity contribution in [2.45, 2.75) is 155 Å². The number of rotatable bonds is 20. The molecule has 2 aliphatic carbocycles. The Labute approximate surface area is 342 Å². The molecular weight excluding hydrogens is 711 g/mol. The van der Waals surface area contributed by atoms with Crippen molar-refractivity contribution in [3.05, 3.63) is 118 Å². The van der Waals surface area contributed by atoms with Crippen LogP contribution in [0.3, 0.4) is 0 Å². The smallest absolute Gasteiger partial charge is 0.172 e. The Bertz CT molecular complexity index is 1670. The van der Waals surface area contributed by atoms with Crippen molar-refractivity contribution in [2.75, 3.05) is 13.2 Å². The molecule has 6 rings (SSSR count). The van der Waals surface area contributed by atoms with E-state index in [4.69, 9.17) is 14.2 Å². The van der Waals surface area contributed by atoms with Gasteiger partial charge in [-0.25, -0.2) is 8.78 Å². The predicted octanol–water partition coefficient (Wildman–Crippen LogP) is 15.4. The van der Waals surface area contributed by atoms with Crippen LogP contribution in [0.1, 0.15) is 176 Å². The van der Waals surface area contributed by atoms with Crippen LogP contribution in [0.5, 0.6) is 23.0 Å². The molecular formula is C52H68F2O3. The summed E-state index contributed by atoms with van der Waals surface area (Å²) >= 11 is 0. The van der Waals surface area contributed by atoms with E-state index >= 15 is 8.78 Å². The molecule has 4 aromatic rings. The summed E-state index contributed by atoms with van der Waals surface area (Å²) in [6, 6.07) is 24.1. The summed E-state index contributed by atoms with van der Waals surface area (Å²) < 4.78 is 51.9. The van der Waals surface area contributed by atoms with Gasteiger partial charge in [-0.3, -0.25) is 0 Å². The van der Waals surface area contributed by atoms with Gasteiger partial charge in [0, 0.05) is 24.0 Å². The summed E-state index contributed by atoms with van der Waals surface area (Å²) in [5.41, 5.74) is 5.62. The number of ether oxygens (including phenoxy) is 3. The van der Waals surface area contributed by atoms with Gasteiger partial charge in [0.05, 0.1) is 13.2 Å². The summed E-state index contributed by atoms with van der Waals surface area (Å²) in [6.07, 6.45) is 19.4. The van der Waals surface area contributed by atoms with E-state index in [1.807, 2.05) is 0 Å². The predicted molar refractivity (Wildman–Crippen MR) is 231 cm³/mol. The van der Waals surface area contributed by atoms with Gasteiger partial charge in [0.2, 0.25) is 0 Å². The molecule has 308 valence electrons. The third kappa shape index (κ3) is 11.6. The van der Waals surface area contributed by atoms with Crippen molar-refractivity contribution in [1.29, 1.82) is 0 Å². The third-order valence-corrected chi connectivity index (χ3v) is 13.1. The van der Waals surface area contributed by atoms with E-state index in [0.717, 1.165) is 61.5 Å². The second-order valence-corrected chi connectivity index (χ2v) is 17.0. The summed E-state index contributed by atoms with van der Waals surface area (Å²) in [4.78, 5) is 0. The van der Waals surface area contributed by atoms with Gasteiger partial charge in [0.25, 0.3) is 0 Å². The first-order valence-corrected chi connectivity index (χ1v) is 22.6. The van der Waals surface area contributed by atoms with E-state index in [1.54, 1.807) is 24.3 Å². The highest BCUT2D eigenvalue weighted by molar-refractivity contribution is 5.49. The summed E-state index contributed by atoms with van der Waals surface area (Å²) in [5.74, 6) is 2.85. The average Bonchev–Trinajstić information content (AvgIpc) is 3.25. The minimum absolute atomic E-state index is 0.0150. The standard InChI is InChI=1S/C52H68F2O3/c1-5-9-11-33-55-47-29-31-49(51(53)45(47)35-39-17-25-43(26-18-39)41-21-13-37(7-3)14-22-41)57-50-32-30-48(56-34-12-10-6-2)46(52(50)54)36-40-19-27-44(28-20-40)42-23-15-38(8-4)16-24-42/h17-20,25-32,37-38,41-42H,5-16,21-24,33-36H2,1-4H3/t37-,38-,41-,42-. The fourth-order valence-electron chi connectivity index (χ4n) is 9.14. The molecule has 0 N–H and O–H groups in total. The SMILES string of the molecule is CCCCCOc1ccc(Oc2ccc(OCCCCC)c(Cc3ccc([C@H]4CC[C@H](CC)CC4)cc3)c2F)c(F)c1Cc1ccc([C@H]2CC[C@H](CC)CC2)cc1.